The van der Waals surface area contributed by atoms with E-state index in [4.69, 9.17) is 0 Å². The van der Waals surface area contributed by atoms with Gasteiger partial charge in [0.25, 0.3) is 17.7 Å². The largest absolute Gasteiger partial charge is 0.321 e. The van der Waals surface area contributed by atoms with Crippen molar-refractivity contribution in [3.05, 3.63) is 120 Å². The average Bonchev–Trinajstić information content (AvgIpc) is 3.10. The third-order valence-electron chi connectivity index (χ3n) is 5.56. The zero-order valence-corrected chi connectivity index (χ0v) is 17.6. The fourth-order valence-electron chi connectivity index (χ4n) is 3.91. The number of amides is 3. The first-order valence-electron chi connectivity index (χ1n) is 10.5. The van der Waals surface area contributed by atoms with Crippen molar-refractivity contribution in [3.8, 4) is 11.1 Å². The molecule has 1 N–H and O–H groups in total. The molecule has 6 nitrogen and oxygen atoms in total. The second-order valence-electron chi connectivity index (χ2n) is 7.68. The van der Waals surface area contributed by atoms with Crippen LogP contribution in [-0.2, 0) is 6.54 Å². The van der Waals surface area contributed by atoms with Crippen LogP contribution >= 0.6 is 0 Å². The number of hydrogen-bond acceptors (Lipinski definition) is 4. The zero-order valence-electron chi connectivity index (χ0n) is 17.6. The molecule has 3 amide bonds. The van der Waals surface area contributed by atoms with Crippen LogP contribution in [0.25, 0.3) is 11.1 Å². The number of hydrogen-bond donors (Lipinski definition) is 1. The van der Waals surface area contributed by atoms with Crippen molar-refractivity contribution < 1.29 is 14.4 Å². The summed E-state index contributed by atoms with van der Waals surface area (Å²) in [6.07, 6.45) is 3.25. The maximum Gasteiger partial charge on any atom is 0.261 e. The highest BCUT2D eigenvalue weighted by Crippen LogP contribution is 2.29. The summed E-state index contributed by atoms with van der Waals surface area (Å²) in [5.41, 5.74) is 4.12. The first-order valence-corrected chi connectivity index (χ1v) is 10.5. The molecule has 1 aromatic heterocycles. The van der Waals surface area contributed by atoms with Gasteiger partial charge in [-0.1, -0.05) is 54.6 Å². The van der Waals surface area contributed by atoms with Gasteiger partial charge in [0.15, 0.2) is 0 Å². The summed E-state index contributed by atoms with van der Waals surface area (Å²) in [5.74, 6) is -1.15. The lowest BCUT2D eigenvalue weighted by Gasteiger charge is -2.13. The third kappa shape index (κ3) is 3.90. The molecule has 0 bridgehead atoms. The molecule has 1 aliphatic rings. The third-order valence-corrected chi connectivity index (χ3v) is 5.56. The highest BCUT2D eigenvalue weighted by Gasteiger charge is 2.36. The second-order valence-corrected chi connectivity index (χ2v) is 7.68. The van der Waals surface area contributed by atoms with Crippen molar-refractivity contribution in [2.24, 2.45) is 0 Å². The molecule has 1 aliphatic heterocycles. The summed E-state index contributed by atoms with van der Waals surface area (Å²) in [6, 6.07) is 25.4. The molecule has 33 heavy (non-hydrogen) atoms. The summed E-state index contributed by atoms with van der Waals surface area (Å²) < 4.78 is 0. The smallest absolute Gasteiger partial charge is 0.261 e. The van der Waals surface area contributed by atoms with E-state index in [1.807, 2.05) is 54.6 Å². The number of anilines is 1. The molecule has 3 aromatic carbocycles. The van der Waals surface area contributed by atoms with E-state index in [0.29, 0.717) is 16.8 Å². The molecule has 0 aliphatic carbocycles. The summed E-state index contributed by atoms with van der Waals surface area (Å²) in [5, 5.41) is 2.94. The minimum Gasteiger partial charge on any atom is -0.321 e. The Morgan fingerprint density at radius 1 is 0.788 bits per heavy atom. The van der Waals surface area contributed by atoms with E-state index in [1.54, 1.807) is 30.6 Å². The number of benzene rings is 3. The molecular formula is C27H19N3O3. The summed E-state index contributed by atoms with van der Waals surface area (Å²) in [4.78, 5) is 43.9. The maximum absolute atomic E-state index is 13.0. The summed E-state index contributed by atoms with van der Waals surface area (Å²) in [6.45, 7) is 0.131. The van der Waals surface area contributed by atoms with Gasteiger partial charge in [0.2, 0.25) is 0 Å². The van der Waals surface area contributed by atoms with E-state index in [2.05, 4.69) is 10.3 Å². The van der Waals surface area contributed by atoms with Crippen molar-refractivity contribution in [1.29, 1.82) is 0 Å². The lowest BCUT2D eigenvalue weighted by atomic mass is 10.0. The van der Waals surface area contributed by atoms with Crippen LogP contribution in [0, 0.1) is 0 Å². The van der Waals surface area contributed by atoms with E-state index < -0.39 is 5.91 Å². The van der Waals surface area contributed by atoms with Gasteiger partial charge in [0, 0.05) is 29.2 Å². The standard InChI is InChI=1S/C27H19N3O3/c31-25(29-24-11-5-4-10-21(24)19-8-2-1-3-9-19)20-12-13-22-23(15-20)27(33)30(26(22)32)17-18-7-6-14-28-16-18/h1-16H,17H2,(H,29,31). The van der Waals surface area contributed by atoms with Crippen molar-refractivity contribution in [2.75, 3.05) is 5.32 Å². The van der Waals surface area contributed by atoms with Crippen LogP contribution < -0.4 is 5.32 Å². The lowest BCUT2D eigenvalue weighted by Crippen LogP contribution is -2.29. The number of fused-ring (bicyclic) bond motifs is 1. The molecule has 0 spiro atoms. The number of nitrogens with zero attached hydrogens (tertiary/aromatic N) is 2. The molecule has 0 saturated carbocycles. The molecule has 0 unspecified atom stereocenters. The minimum atomic E-state index is -0.418. The average molecular weight is 433 g/mol. The molecule has 6 heteroatoms. The zero-order chi connectivity index (χ0) is 22.8. The number of nitrogens with one attached hydrogen (secondary N) is 1. The predicted octanol–water partition coefficient (Wildman–Crippen LogP) is 4.80. The fourth-order valence-corrected chi connectivity index (χ4v) is 3.91. The van der Waals surface area contributed by atoms with E-state index in [9.17, 15) is 14.4 Å². The Hall–Kier alpha value is -4.58. The maximum atomic E-state index is 13.0. The van der Waals surface area contributed by atoms with Crippen LogP contribution in [0.3, 0.4) is 0 Å². The van der Waals surface area contributed by atoms with Gasteiger partial charge in [-0.2, -0.15) is 0 Å². The van der Waals surface area contributed by atoms with Gasteiger partial charge in [0.05, 0.1) is 17.7 Å². The van der Waals surface area contributed by atoms with Gasteiger partial charge in [-0.15, -0.1) is 0 Å². The highest BCUT2D eigenvalue weighted by molar-refractivity contribution is 6.22. The van der Waals surface area contributed by atoms with E-state index in [0.717, 1.165) is 16.7 Å². The van der Waals surface area contributed by atoms with Crippen LogP contribution in [0.1, 0.15) is 36.6 Å². The van der Waals surface area contributed by atoms with E-state index in [1.165, 1.54) is 17.0 Å². The quantitative estimate of drug-likeness (QED) is 0.459. The van der Waals surface area contributed by atoms with Gasteiger partial charge in [-0.3, -0.25) is 24.3 Å². The molecule has 0 fully saturated rings. The molecular weight excluding hydrogens is 414 g/mol. The van der Waals surface area contributed by atoms with Crippen molar-refractivity contribution >= 4 is 23.4 Å². The molecule has 5 rings (SSSR count). The van der Waals surface area contributed by atoms with E-state index >= 15 is 0 Å². The highest BCUT2D eigenvalue weighted by atomic mass is 16.2. The number of para-hydroxylation sites is 1. The van der Waals surface area contributed by atoms with Gasteiger partial charge in [0.1, 0.15) is 0 Å². The second kappa shape index (κ2) is 8.51. The Morgan fingerprint density at radius 3 is 2.33 bits per heavy atom. The van der Waals surface area contributed by atoms with Crippen molar-refractivity contribution in [1.82, 2.24) is 9.88 Å². The molecule has 2 heterocycles. The SMILES string of the molecule is O=C(Nc1ccccc1-c1ccccc1)c1ccc2c(c1)C(=O)N(Cc1cccnc1)C2=O. The summed E-state index contributed by atoms with van der Waals surface area (Å²) >= 11 is 0. The van der Waals surface area contributed by atoms with Crippen LogP contribution in [-0.4, -0.2) is 27.6 Å². The Bertz CT molecular complexity index is 1370. The van der Waals surface area contributed by atoms with Gasteiger partial charge >= 0.3 is 0 Å². The molecule has 0 saturated heterocycles. The Labute approximate surface area is 190 Å². The molecule has 0 atom stereocenters. The number of rotatable bonds is 5. The van der Waals surface area contributed by atoms with Crippen LogP contribution in [0.15, 0.2) is 97.3 Å². The molecule has 160 valence electrons. The molecule has 4 aromatic rings. The van der Waals surface area contributed by atoms with E-state index in [-0.39, 0.29) is 23.9 Å². The number of carbonyl (C=O) groups is 3. The number of pyridine rings is 1. The first kappa shape index (κ1) is 20.3. The van der Waals surface area contributed by atoms with Gasteiger partial charge in [-0.25, -0.2) is 0 Å². The van der Waals surface area contributed by atoms with Crippen LogP contribution in [0.2, 0.25) is 0 Å². The number of carbonyl (C=O) groups excluding carboxylic acids is 3. The molecule has 0 radical (unpaired) electrons. The Morgan fingerprint density at radius 2 is 1.55 bits per heavy atom. The monoisotopic (exact) mass is 433 g/mol. The van der Waals surface area contributed by atoms with Crippen molar-refractivity contribution in [3.63, 3.8) is 0 Å². The summed E-state index contributed by atoms with van der Waals surface area (Å²) in [7, 11) is 0. The van der Waals surface area contributed by atoms with Gasteiger partial charge in [-0.05, 0) is 41.5 Å². The van der Waals surface area contributed by atoms with Crippen molar-refractivity contribution in [2.45, 2.75) is 6.54 Å². The van der Waals surface area contributed by atoms with Gasteiger partial charge < -0.3 is 5.32 Å². The predicted molar refractivity (Wildman–Crippen MR) is 125 cm³/mol. The fraction of sp³-hybridized carbons (Fsp3) is 0.0370. The topological polar surface area (TPSA) is 79.4 Å². The number of aromatic nitrogens is 1. The number of imide groups is 1. The minimum absolute atomic E-state index is 0.131. The van der Waals surface area contributed by atoms with Crippen LogP contribution in [0.4, 0.5) is 5.69 Å². The first-order chi connectivity index (χ1) is 16.1. The normalized spacial score (nSPS) is 12.5. The lowest BCUT2D eigenvalue weighted by molar-refractivity contribution is 0.0642. The Kier molecular flexibility index (Phi) is 5.24. The Balaban J connectivity index is 1.40. The van der Waals surface area contributed by atoms with Crippen LogP contribution in [0.5, 0.6) is 0 Å².